The monoisotopic (exact) mass is 279 g/mol. The number of fused-ring (bicyclic) bond motifs is 1. The lowest BCUT2D eigenvalue weighted by atomic mass is 10.1. The molecule has 0 saturated carbocycles. The average molecular weight is 279 g/mol. The van der Waals surface area contributed by atoms with E-state index in [1.54, 1.807) is 13.0 Å². The van der Waals surface area contributed by atoms with Gasteiger partial charge in [0.15, 0.2) is 17.2 Å². The van der Waals surface area contributed by atoms with Gasteiger partial charge in [-0.25, -0.2) is 0 Å². The molecular formula is C12H13N3O5. The molecule has 0 aromatic carbocycles. The largest absolute Gasteiger partial charge is 0.503 e. The summed E-state index contributed by atoms with van der Waals surface area (Å²) in [7, 11) is 0. The molecule has 1 amide bonds. The molecule has 3 N–H and O–H groups in total. The van der Waals surface area contributed by atoms with Crippen LogP contribution >= 0.6 is 0 Å². The summed E-state index contributed by atoms with van der Waals surface area (Å²) >= 11 is 0. The summed E-state index contributed by atoms with van der Waals surface area (Å²) in [5, 5.41) is 26.1. The smallest absolute Gasteiger partial charge is 0.322 e. The molecule has 0 radical (unpaired) electrons. The van der Waals surface area contributed by atoms with Crippen LogP contribution in [0.4, 0.5) is 0 Å². The van der Waals surface area contributed by atoms with E-state index in [0.717, 1.165) is 0 Å². The highest BCUT2D eigenvalue weighted by Crippen LogP contribution is 2.31. The fourth-order valence-corrected chi connectivity index (χ4v) is 1.84. The van der Waals surface area contributed by atoms with Crippen molar-refractivity contribution in [1.82, 2.24) is 10.3 Å². The standard InChI is InChI=1S/C12H13N3O5/c1-2-14-15-6-7-3-4-20-11(7)10(18)9(15)12(19)13-5-8(16)17/h2-4,18H,5-6H2,1H3,(H,13,19)(H,16,17)/b14-2-. The number of nitrogens with one attached hydrogen (secondary N) is 1. The van der Waals surface area contributed by atoms with Crippen molar-refractivity contribution in [1.29, 1.82) is 0 Å². The van der Waals surface area contributed by atoms with E-state index in [0.29, 0.717) is 5.56 Å². The van der Waals surface area contributed by atoms with Gasteiger partial charge in [-0.05, 0) is 13.0 Å². The molecule has 20 heavy (non-hydrogen) atoms. The van der Waals surface area contributed by atoms with E-state index in [4.69, 9.17) is 9.52 Å². The number of amides is 1. The van der Waals surface area contributed by atoms with Gasteiger partial charge < -0.3 is 19.9 Å². The predicted molar refractivity (Wildman–Crippen MR) is 68.6 cm³/mol. The molecule has 1 aromatic heterocycles. The van der Waals surface area contributed by atoms with Crippen molar-refractivity contribution in [3.8, 4) is 0 Å². The SMILES string of the molecule is C/C=N\N1Cc2ccoc2C(O)=C1C(=O)NCC(=O)O. The molecule has 0 spiro atoms. The van der Waals surface area contributed by atoms with Gasteiger partial charge in [-0.3, -0.25) is 14.6 Å². The molecule has 8 nitrogen and oxygen atoms in total. The minimum absolute atomic E-state index is 0.146. The number of hydrazone groups is 1. The van der Waals surface area contributed by atoms with Gasteiger partial charge >= 0.3 is 5.97 Å². The highest BCUT2D eigenvalue weighted by Gasteiger charge is 2.31. The maximum absolute atomic E-state index is 12.0. The molecule has 2 rings (SSSR count). The van der Waals surface area contributed by atoms with Crippen LogP contribution in [-0.4, -0.2) is 39.9 Å². The van der Waals surface area contributed by atoms with Gasteiger partial charge in [-0.15, -0.1) is 0 Å². The van der Waals surface area contributed by atoms with Gasteiger partial charge in [0.05, 0.1) is 12.8 Å². The fourth-order valence-electron chi connectivity index (χ4n) is 1.84. The Hall–Kier alpha value is -2.77. The average Bonchev–Trinajstić information content (AvgIpc) is 2.85. The molecular weight excluding hydrogens is 266 g/mol. The zero-order valence-corrected chi connectivity index (χ0v) is 10.7. The van der Waals surface area contributed by atoms with Crippen LogP contribution in [0.25, 0.3) is 5.76 Å². The highest BCUT2D eigenvalue weighted by atomic mass is 16.4. The summed E-state index contributed by atoms with van der Waals surface area (Å²) in [6.07, 6.45) is 2.86. The number of nitrogens with zero attached hydrogens (tertiary/aromatic N) is 2. The van der Waals surface area contributed by atoms with Crippen LogP contribution in [0.3, 0.4) is 0 Å². The molecule has 0 atom stereocenters. The van der Waals surface area contributed by atoms with E-state index in [-0.39, 0.29) is 23.8 Å². The number of carboxylic acid groups (broad SMARTS) is 1. The number of hydrogen-bond acceptors (Lipinski definition) is 6. The zero-order chi connectivity index (χ0) is 14.7. The Morgan fingerprint density at radius 1 is 1.60 bits per heavy atom. The molecule has 1 aliphatic rings. The molecule has 1 aliphatic heterocycles. The molecule has 0 fully saturated rings. The van der Waals surface area contributed by atoms with Crippen LogP contribution in [0.1, 0.15) is 18.2 Å². The zero-order valence-electron chi connectivity index (χ0n) is 10.7. The van der Waals surface area contributed by atoms with Crippen molar-refractivity contribution in [2.24, 2.45) is 5.10 Å². The first kappa shape index (κ1) is 13.7. The number of furan rings is 1. The molecule has 1 aromatic rings. The summed E-state index contributed by atoms with van der Waals surface area (Å²) in [5.74, 6) is -2.10. The van der Waals surface area contributed by atoms with E-state index in [1.165, 1.54) is 17.5 Å². The van der Waals surface area contributed by atoms with E-state index in [2.05, 4.69) is 10.4 Å². The lowest BCUT2D eigenvalue weighted by Crippen LogP contribution is -2.37. The number of aliphatic carboxylic acids is 1. The van der Waals surface area contributed by atoms with Gasteiger partial charge in [0.1, 0.15) is 6.54 Å². The summed E-state index contributed by atoms with van der Waals surface area (Å²) in [4.78, 5) is 22.5. The quantitative estimate of drug-likeness (QED) is 0.692. The fraction of sp³-hybridized carbons (Fsp3) is 0.250. The number of aliphatic hydroxyl groups is 1. The molecule has 0 aliphatic carbocycles. The van der Waals surface area contributed by atoms with Crippen molar-refractivity contribution >= 4 is 23.9 Å². The van der Waals surface area contributed by atoms with E-state index < -0.39 is 18.4 Å². The highest BCUT2D eigenvalue weighted by molar-refractivity contribution is 6.00. The van der Waals surface area contributed by atoms with Gasteiger partial charge in [0, 0.05) is 11.8 Å². The summed E-state index contributed by atoms with van der Waals surface area (Å²) in [6, 6.07) is 1.66. The van der Waals surface area contributed by atoms with Gasteiger partial charge in [0.2, 0.25) is 0 Å². The van der Waals surface area contributed by atoms with Crippen LogP contribution in [0.2, 0.25) is 0 Å². The number of aliphatic hydroxyl groups excluding tert-OH is 1. The normalized spacial score (nSPS) is 14.6. The Labute approximate surface area is 114 Å². The third-order valence-electron chi connectivity index (χ3n) is 2.63. The molecule has 0 unspecified atom stereocenters. The second kappa shape index (κ2) is 5.47. The molecule has 2 heterocycles. The first-order valence-electron chi connectivity index (χ1n) is 5.80. The number of hydrogen-bond donors (Lipinski definition) is 3. The van der Waals surface area contributed by atoms with Crippen molar-refractivity contribution in [3.63, 3.8) is 0 Å². The van der Waals surface area contributed by atoms with E-state index >= 15 is 0 Å². The van der Waals surface area contributed by atoms with E-state index in [1.807, 2.05) is 0 Å². The van der Waals surface area contributed by atoms with Crippen molar-refractivity contribution in [3.05, 3.63) is 29.4 Å². The molecule has 0 saturated heterocycles. The second-order valence-electron chi connectivity index (χ2n) is 3.98. The van der Waals surface area contributed by atoms with Crippen LogP contribution < -0.4 is 5.32 Å². The Morgan fingerprint density at radius 2 is 2.35 bits per heavy atom. The summed E-state index contributed by atoms with van der Waals surface area (Å²) in [6.45, 7) is 1.36. The summed E-state index contributed by atoms with van der Waals surface area (Å²) in [5.41, 5.74) is 0.537. The van der Waals surface area contributed by atoms with Gasteiger partial charge in [0.25, 0.3) is 5.91 Å². The minimum Gasteiger partial charge on any atom is -0.503 e. The van der Waals surface area contributed by atoms with Crippen LogP contribution in [-0.2, 0) is 16.1 Å². The third-order valence-corrected chi connectivity index (χ3v) is 2.63. The van der Waals surface area contributed by atoms with Crippen LogP contribution in [0.15, 0.2) is 27.5 Å². The lowest BCUT2D eigenvalue weighted by molar-refractivity contribution is -0.137. The minimum atomic E-state index is -1.18. The molecule has 8 heteroatoms. The molecule has 106 valence electrons. The first-order chi connectivity index (χ1) is 9.54. The van der Waals surface area contributed by atoms with Crippen LogP contribution in [0.5, 0.6) is 0 Å². The molecule has 0 bridgehead atoms. The number of carbonyl (C=O) groups excluding carboxylic acids is 1. The number of rotatable bonds is 4. The lowest BCUT2D eigenvalue weighted by Gasteiger charge is -2.25. The Bertz CT molecular complexity index is 602. The Kier molecular flexibility index (Phi) is 3.74. The topological polar surface area (TPSA) is 115 Å². The van der Waals surface area contributed by atoms with Crippen molar-refractivity contribution in [2.75, 3.05) is 6.54 Å². The van der Waals surface area contributed by atoms with Crippen LogP contribution in [0, 0.1) is 0 Å². The number of carboxylic acids is 1. The van der Waals surface area contributed by atoms with Gasteiger partial charge in [-0.1, -0.05) is 0 Å². The third kappa shape index (κ3) is 2.48. The van der Waals surface area contributed by atoms with E-state index in [9.17, 15) is 14.7 Å². The Morgan fingerprint density at radius 3 is 3.00 bits per heavy atom. The summed E-state index contributed by atoms with van der Waals surface area (Å²) < 4.78 is 5.12. The van der Waals surface area contributed by atoms with Crippen molar-refractivity contribution < 1.29 is 24.2 Å². The number of carbonyl (C=O) groups is 2. The van der Waals surface area contributed by atoms with Crippen molar-refractivity contribution in [2.45, 2.75) is 13.5 Å². The van der Waals surface area contributed by atoms with Gasteiger partial charge in [-0.2, -0.15) is 5.10 Å². The second-order valence-corrected chi connectivity index (χ2v) is 3.98. The maximum Gasteiger partial charge on any atom is 0.322 e. The first-order valence-corrected chi connectivity index (χ1v) is 5.80. The maximum atomic E-state index is 12.0. The Balaban J connectivity index is 2.36. The predicted octanol–water partition coefficient (Wildman–Crippen LogP) is 0.528.